The van der Waals surface area contributed by atoms with E-state index >= 15 is 0 Å². The van der Waals surface area contributed by atoms with Crippen LogP contribution in [0.3, 0.4) is 0 Å². The van der Waals surface area contributed by atoms with Gasteiger partial charge in [0, 0.05) is 23.1 Å². The molecule has 4 heteroatoms. The molecular weight excluding hydrogens is 500 g/mol. The Kier molecular flexibility index (Phi) is 11.7. The van der Waals surface area contributed by atoms with Crippen LogP contribution < -0.4 is 0 Å². The summed E-state index contributed by atoms with van der Waals surface area (Å²) in [7, 11) is 2.24. The molecule has 2 aromatic carbocycles. The molecule has 2 aromatic rings. The van der Waals surface area contributed by atoms with Gasteiger partial charge in [-0.3, -0.25) is 0 Å². The summed E-state index contributed by atoms with van der Waals surface area (Å²) < 4.78 is 0. The number of halogens is 2. The maximum Gasteiger partial charge on any atom is 0.0587 e. The Balaban J connectivity index is 0.00000101. The maximum absolute atomic E-state index is 7.32. The Bertz CT molecular complexity index is 755. The second-order valence-electron chi connectivity index (χ2n) is 8.15. The number of rotatable bonds is 8. The van der Waals surface area contributed by atoms with Crippen molar-refractivity contribution in [2.75, 3.05) is 20.1 Å². The monoisotopic (exact) mass is 532 g/mol. The van der Waals surface area contributed by atoms with Gasteiger partial charge in [-0.1, -0.05) is 86.5 Å². The molecule has 3 rings (SSSR count). The number of aryl methyl sites for hydroxylation is 1. The Hall–Kier alpha value is -1.15. The average molecular weight is 534 g/mol. The number of nitriles is 1. The highest BCUT2D eigenvalue weighted by atomic mass is 79.9. The second kappa shape index (κ2) is 14.0. The first kappa shape index (κ1) is 25.1. The summed E-state index contributed by atoms with van der Waals surface area (Å²) in [6.07, 6.45) is 7.33. The summed E-state index contributed by atoms with van der Waals surface area (Å²) in [6, 6.07) is 22.0. The third kappa shape index (κ3) is 8.92. The topological polar surface area (TPSA) is 27.0 Å². The van der Waals surface area contributed by atoms with Gasteiger partial charge in [0.15, 0.2) is 0 Å². The van der Waals surface area contributed by atoms with Crippen molar-refractivity contribution in [3.63, 3.8) is 0 Å². The number of likely N-dealkylation sites (N-methyl/N-ethyl adjacent to an activating group) is 1. The molecule has 3 unspecified atom stereocenters. The first-order chi connectivity index (χ1) is 14.5. The van der Waals surface area contributed by atoms with E-state index in [0.29, 0.717) is 15.6 Å². The molecule has 0 bridgehead atoms. The largest absolute Gasteiger partial charge is 0.306 e. The molecule has 30 heavy (non-hydrogen) atoms. The van der Waals surface area contributed by atoms with E-state index < -0.39 is 0 Å². The quantitative estimate of drug-likeness (QED) is 0.338. The molecule has 0 N–H and O–H groups in total. The van der Waals surface area contributed by atoms with E-state index in [9.17, 15) is 0 Å². The molecular formula is C26H34Br2N2. The van der Waals surface area contributed by atoms with Crippen molar-refractivity contribution < 1.29 is 0 Å². The lowest BCUT2D eigenvalue weighted by Gasteiger charge is -2.30. The van der Waals surface area contributed by atoms with E-state index in [2.05, 4.69) is 98.4 Å². The first-order valence-corrected chi connectivity index (χ1v) is 12.8. The zero-order valence-corrected chi connectivity index (χ0v) is 21.4. The van der Waals surface area contributed by atoms with Crippen LogP contribution in [0.5, 0.6) is 0 Å². The molecule has 3 atom stereocenters. The summed E-state index contributed by atoms with van der Waals surface area (Å²) >= 11 is 7.61. The van der Waals surface area contributed by atoms with Gasteiger partial charge in [0.2, 0.25) is 0 Å². The minimum Gasteiger partial charge on any atom is -0.306 e. The van der Waals surface area contributed by atoms with Crippen molar-refractivity contribution in [3.8, 4) is 6.07 Å². The molecule has 1 saturated carbocycles. The van der Waals surface area contributed by atoms with E-state index in [1.165, 1.54) is 55.7 Å². The Morgan fingerprint density at radius 1 is 0.900 bits per heavy atom. The van der Waals surface area contributed by atoms with Gasteiger partial charge in [-0.25, -0.2) is 0 Å². The van der Waals surface area contributed by atoms with Crippen molar-refractivity contribution in [2.24, 2.45) is 0 Å². The highest BCUT2D eigenvalue weighted by molar-refractivity contribution is 9.12. The Morgan fingerprint density at radius 2 is 1.53 bits per heavy atom. The van der Waals surface area contributed by atoms with Gasteiger partial charge in [0.25, 0.3) is 0 Å². The summed E-state index contributed by atoms with van der Waals surface area (Å²) in [5.41, 5.74) is 4.42. The van der Waals surface area contributed by atoms with Gasteiger partial charge in [0.05, 0.1) is 6.07 Å². The van der Waals surface area contributed by atoms with Gasteiger partial charge in [-0.2, -0.15) is 5.26 Å². The predicted octanol–water partition coefficient (Wildman–Crippen LogP) is 7.12. The molecule has 0 aromatic heterocycles. The van der Waals surface area contributed by atoms with Crippen molar-refractivity contribution in [3.05, 3.63) is 71.3 Å². The van der Waals surface area contributed by atoms with Crippen LogP contribution in [-0.2, 0) is 12.8 Å². The fraction of sp³-hybridized carbons (Fsp3) is 0.500. The zero-order valence-electron chi connectivity index (χ0n) is 18.2. The normalized spacial score (nSPS) is 20.9. The molecule has 0 aliphatic heterocycles. The summed E-state index contributed by atoms with van der Waals surface area (Å²) in [5.74, 6) is 0.710. The van der Waals surface area contributed by atoms with Crippen LogP contribution in [0.1, 0.15) is 55.2 Å². The standard InChI is InChI=1S/C24H31Br2N.C2H3N/c1-27(17-15-19-6-3-2-4-7-19)16-5-8-20-9-11-21(12-10-20)22-13-14-23(25)24(26)18-22;1-2-3/h2-4,6-7,9-12,22-24H,5,8,13-18H2,1H3;1H3. The first-order valence-electron chi connectivity index (χ1n) is 10.9. The van der Waals surface area contributed by atoms with E-state index in [1.807, 2.05) is 0 Å². The van der Waals surface area contributed by atoms with Crippen molar-refractivity contribution in [2.45, 2.75) is 61.0 Å². The molecule has 1 aliphatic carbocycles. The zero-order chi connectivity index (χ0) is 21.8. The average Bonchev–Trinajstić information content (AvgIpc) is 2.76. The van der Waals surface area contributed by atoms with Gasteiger partial charge >= 0.3 is 0 Å². The number of hydrogen-bond acceptors (Lipinski definition) is 2. The fourth-order valence-corrected chi connectivity index (χ4v) is 5.16. The fourth-order valence-electron chi connectivity index (χ4n) is 3.97. The predicted molar refractivity (Wildman–Crippen MR) is 136 cm³/mol. The summed E-state index contributed by atoms with van der Waals surface area (Å²) in [4.78, 5) is 3.69. The number of hydrogen-bond donors (Lipinski definition) is 0. The Labute approximate surface area is 199 Å². The highest BCUT2D eigenvalue weighted by Gasteiger charge is 2.27. The summed E-state index contributed by atoms with van der Waals surface area (Å²) in [6.45, 7) is 3.72. The third-order valence-electron chi connectivity index (χ3n) is 5.77. The van der Waals surface area contributed by atoms with Crippen molar-refractivity contribution >= 4 is 31.9 Å². The number of alkyl halides is 2. The SMILES string of the molecule is CC#N.CN(CCCc1ccc(C2CCC(Br)C(Br)C2)cc1)CCc1ccccc1. The van der Waals surface area contributed by atoms with Gasteiger partial charge in [-0.15, -0.1) is 0 Å². The van der Waals surface area contributed by atoms with Gasteiger partial charge in [0.1, 0.15) is 0 Å². The van der Waals surface area contributed by atoms with E-state index in [1.54, 1.807) is 6.07 Å². The second-order valence-corrected chi connectivity index (χ2v) is 10.5. The van der Waals surface area contributed by atoms with Gasteiger partial charge in [-0.05, 0) is 74.7 Å². The van der Waals surface area contributed by atoms with Crippen LogP contribution >= 0.6 is 31.9 Å². The molecule has 0 amide bonds. The van der Waals surface area contributed by atoms with Crippen LogP contribution in [-0.4, -0.2) is 34.7 Å². The van der Waals surface area contributed by atoms with Crippen molar-refractivity contribution in [1.82, 2.24) is 4.90 Å². The third-order valence-corrected chi connectivity index (χ3v) is 8.59. The molecule has 2 nitrogen and oxygen atoms in total. The van der Waals surface area contributed by atoms with Crippen LogP contribution in [0.4, 0.5) is 0 Å². The number of benzene rings is 2. The van der Waals surface area contributed by atoms with Crippen LogP contribution in [0.15, 0.2) is 54.6 Å². The minimum atomic E-state index is 0.599. The van der Waals surface area contributed by atoms with E-state index in [0.717, 1.165) is 19.5 Å². The maximum atomic E-state index is 7.32. The lowest BCUT2D eigenvalue weighted by Crippen LogP contribution is -2.24. The molecule has 0 heterocycles. The lowest BCUT2D eigenvalue weighted by molar-refractivity contribution is 0.333. The number of nitrogens with zero attached hydrogens (tertiary/aromatic N) is 2. The van der Waals surface area contributed by atoms with Crippen LogP contribution in [0.25, 0.3) is 0 Å². The van der Waals surface area contributed by atoms with Crippen LogP contribution in [0, 0.1) is 11.3 Å². The molecule has 1 aliphatic rings. The lowest BCUT2D eigenvalue weighted by atomic mass is 9.83. The molecule has 162 valence electrons. The highest BCUT2D eigenvalue weighted by Crippen LogP contribution is 2.39. The minimum absolute atomic E-state index is 0.599. The summed E-state index contributed by atoms with van der Waals surface area (Å²) in [5, 5.41) is 7.32. The molecule has 0 spiro atoms. The smallest absolute Gasteiger partial charge is 0.0587 e. The van der Waals surface area contributed by atoms with Crippen LogP contribution in [0.2, 0.25) is 0 Å². The van der Waals surface area contributed by atoms with E-state index in [-0.39, 0.29) is 0 Å². The molecule has 0 radical (unpaired) electrons. The van der Waals surface area contributed by atoms with Crippen molar-refractivity contribution in [1.29, 1.82) is 5.26 Å². The molecule has 0 saturated heterocycles. The molecule has 1 fully saturated rings. The Morgan fingerprint density at radius 3 is 2.17 bits per heavy atom. The van der Waals surface area contributed by atoms with E-state index in [4.69, 9.17) is 5.26 Å². The van der Waals surface area contributed by atoms with Gasteiger partial charge < -0.3 is 4.90 Å².